The Bertz CT molecular complexity index is 239. The molecule has 1 aromatic rings. The highest BCUT2D eigenvalue weighted by atomic mass is 15.1. The van der Waals surface area contributed by atoms with E-state index >= 15 is 0 Å². The second-order valence-corrected chi connectivity index (χ2v) is 3.47. The van der Waals surface area contributed by atoms with Crippen LogP contribution in [0.2, 0.25) is 0 Å². The van der Waals surface area contributed by atoms with E-state index in [4.69, 9.17) is 0 Å². The molecule has 1 N–H and O–H groups in total. The quantitative estimate of drug-likeness (QED) is 0.790. The van der Waals surface area contributed by atoms with Gasteiger partial charge in [-0.2, -0.15) is 0 Å². The zero-order chi connectivity index (χ0) is 10.6. The van der Waals surface area contributed by atoms with Crippen molar-refractivity contribution in [1.82, 2.24) is 10.3 Å². The predicted octanol–water partition coefficient (Wildman–Crippen LogP) is 1.82. The first-order chi connectivity index (χ1) is 6.69. The maximum absolute atomic E-state index is 4.40. The molecule has 3 nitrogen and oxygen atoms in total. The molecule has 1 aromatic heterocycles. The van der Waals surface area contributed by atoms with Crippen LogP contribution < -0.4 is 10.2 Å². The van der Waals surface area contributed by atoms with Crippen molar-refractivity contribution in [2.24, 2.45) is 0 Å². The fourth-order valence-electron chi connectivity index (χ4n) is 1.21. The molecule has 0 fully saturated rings. The van der Waals surface area contributed by atoms with Crippen LogP contribution in [0.15, 0.2) is 18.3 Å². The minimum atomic E-state index is 0.364. The van der Waals surface area contributed by atoms with E-state index in [-0.39, 0.29) is 0 Å². The van der Waals surface area contributed by atoms with Gasteiger partial charge in [0.1, 0.15) is 5.82 Å². The van der Waals surface area contributed by atoms with Crippen molar-refractivity contribution in [3.63, 3.8) is 0 Å². The number of anilines is 1. The molecule has 3 heteroatoms. The standard InChI is InChI=1S/C11H19N3/c1-5-14(4)11-7-6-10(8-13-11)9(2)12-3/h6-9,12H,5H2,1-4H3. The molecule has 0 aliphatic heterocycles. The van der Waals surface area contributed by atoms with Crippen LogP contribution >= 0.6 is 0 Å². The van der Waals surface area contributed by atoms with Crippen LogP contribution in [-0.2, 0) is 0 Å². The highest BCUT2D eigenvalue weighted by Gasteiger charge is 2.04. The van der Waals surface area contributed by atoms with Crippen LogP contribution in [0.4, 0.5) is 5.82 Å². The molecular weight excluding hydrogens is 174 g/mol. The number of hydrogen-bond donors (Lipinski definition) is 1. The molecule has 1 heterocycles. The number of hydrogen-bond acceptors (Lipinski definition) is 3. The van der Waals surface area contributed by atoms with Gasteiger partial charge in [0, 0.05) is 25.8 Å². The summed E-state index contributed by atoms with van der Waals surface area (Å²) in [4.78, 5) is 6.52. The molecule has 0 radical (unpaired) electrons. The molecule has 0 aliphatic carbocycles. The Balaban J connectivity index is 2.78. The molecule has 1 atom stereocenters. The van der Waals surface area contributed by atoms with E-state index in [1.54, 1.807) is 0 Å². The van der Waals surface area contributed by atoms with E-state index in [9.17, 15) is 0 Å². The lowest BCUT2D eigenvalue weighted by molar-refractivity contribution is 0.649. The van der Waals surface area contributed by atoms with Crippen molar-refractivity contribution in [1.29, 1.82) is 0 Å². The zero-order valence-electron chi connectivity index (χ0n) is 9.41. The summed E-state index contributed by atoms with van der Waals surface area (Å²) in [5.74, 6) is 1.03. The molecule has 0 amide bonds. The van der Waals surface area contributed by atoms with Crippen LogP contribution in [0.1, 0.15) is 25.5 Å². The van der Waals surface area contributed by atoms with Gasteiger partial charge in [0.2, 0.25) is 0 Å². The molecule has 0 saturated carbocycles. The normalized spacial score (nSPS) is 12.6. The Morgan fingerprint density at radius 2 is 2.21 bits per heavy atom. The van der Waals surface area contributed by atoms with Crippen molar-refractivity contribution in [3.8, 4) is 0 Å². The number of nitrogens with zero attached hydrogens (tertiary/aromatic N) is 2. The van der Waals surface area contributed by atoms with Gasteiger partial charge in [0.25, 0.3) is 0 Å². The minimum absolute atomic E-state index is 0.364. The molecule has 0 spiro atoms. The summed E-state index contributed by atoms with van der Waals surface area (Å²) in [6.07, 6.45) is 1.93. The molecule has 0 saturated heterocycles. The number of rotatable bonds is 4. The van der Waals surface area contributed by atoms with E-state index in [0.717, 1.165) is 12.4 Å². The van der Waals surface area contributed by atoms with Gasteiger partial charge < -0.3 is 10.2 Å². The van der Waals surface area contributed by atoms with Gasteiger partial charge >= 0.3 is 0 Å². The van der Waals surface area contributed by atoms with E-state index in [0.29, 0.717) is 6.04 Å². The maximum Gasteiger partial charge on any atom is 0.128 e. The van der Waals surface area contributed by atoms with Crippen LogP contribution in [-0.4, -0.2) is 25.6 Å². The van der Waals surface area contributed by atoms with Gasteiger partial charge in [-0.1, -0.05) is 6.07 Å². The number of pyridine rings is 1. The maximum atomic E-state index is 4.40. The molecular formula is C11H19N3. The average Bonchev–Trinajstić information content (AvgIpc) is 2.27. The molecule has 0 bridgehead atoms. The summed E-state index contributed by atoms with van der Waals surface area (Å²) < 4.78 is 0. The van der Waals surface area contributed by atoms with Gasteiger partial charge in [-0.05, 0) is 32.5 Å². The first-order valence-electron chi connectivity index (χ1n) is 5.03. The Kier molecular flexibility index (Phi) is 3.89. The van der Waals surface area contributed by atoms with Gasteiger partial charge in [0.15, 0.2) is 0 Å². The average molecular weight is 193 g/mol. The van der Waals surface area contributed by atoms with Crippen molar-refractivity contribution < 1.29 is 0 Å². The Morgan fingerprint density at radius 1 is 1.50 bits per heavy atom. The number of aromatic nitrogens is 1. The van der Waals surface area contributed by atoms with Crippen molar-refractivity contribution in [2.75, 3.05) is 25.5 Å². The lowest BCUT2D eigenvalue weighted by Crippen LogP contribution is -2.18. The van der Waals surface area contributed by atoms with Gasteiger partial charge in [-0.25, -0.2) is 4.98 Å². The zero-order valence-corrected chi connectivity index (χ0v) is 9.41. The highest BCUT2D eigenvalue weighted by molar-refractivity contribution is 5.38. The topological polar surface area (TPSA) is 28.2 Å². The third-order valence-corrected chi connectivity index (χ3v) is 2.57. The first kappa shape index (κ1) is 11.0. The monoisotopic (exact) mass is 193 g/mol. The van der Waals surface area contributed by atoms with Crippen LogP contribution in [0.25, 0.3) is 0 Å². The van der Waals surface area contributed by atoms with Gasteiger partial charge in [0.05, 0.1) is 0 Å². The summed E-state index contributed by atoms with van der Waals surface area (Å²) >= 11 is 0. The SMILES string of the molecule is CCN(C)c1ccc(C(C)NC)cn1. The summed E-state index contributed by atoms with van der Waals surface area (Å²) in [5, 5.41) is 3.19. The van der Waals surface area contributed by atoms with Gasteiger partial charge in [-0.15, -0.1) is 0 Å². The second-order valence-electron chi connectivity index (χ2n) is 3.47. The van der Waals surface area contributed by atoms with Crippen LogP contribution in [0, 0.1) is 0 Å². The van der Waals surface area contributed by atoms with Crippen LogP contribution in [0.3, 0.4) is 0 Å². The van der Waals surface area contributed by atoms with Crippen molar-refractivity contribution >= 4 is 5.82 Å². The molecule has 14 heavy (non-hydrogen) atoms. The smallest absolute Gasteiger partial charge is 0.128 e. The molecule has 1 rings (SSSR count). The Hall–Kier alpha value is -1.09. The number of nitrogens with one attached hydrogen (secondary N) is 1. The second kappa shape index (κ2) is 4.96. The lowest BCUT2D eigenvalue weighted by atomic mass is 10.1. The fourth-order valence-corrected chi connectivity index (χ4v) is 1.21. The summed E-state index contributed by atoms with van der Waals surface area (Å²) in [5.41, 5.74) is 1.22. The Morgan fingerprint density at radius 3 is 2.64 bits per heavy atom. The molecule has 78 valence electrons. The highest BCUT2D eigenvalue weighted by Crippen LogP contribution is 2.14. The van der Waals surface area contributed by atoms with E-state index in [2.05, 4.69) is 41.2 Å². The fraction of sp³-hybridized carbons (Fsp3) is 0.545. The largest absolute Gasteiger partial charge is 0.360 e. The summed E-state index contributed by atoms with van der Waals surface area (Å²) in [7, 11) is 4.00. The summed E-state index contributed by atoms with van der Waals surface area (Å²) in [6, 6.07) is 4.55. The van der Waals surface area contributed by atoms with Gasteiger partial charge in [-0.3, -0.25) is 0 Å². The lowest BCUT2D eigenvalue weighted by Gasteiger charge is -2.16. The molecule has 0 aromatic carbocycles. The molecule has 1 unspecified atom stereocenters. The van der Waals surface area contributed by atoms with E-state index < -0.39 is 0 Å². The minimum Gasteiger partial charge on any atom is -0.360 e. The summed E-state index contributed by atoms with van der Waals surface area (Å²) in [6.45, 7) is 5.22. The van der Waals surface area contributed by atoms with Crippen molar-refractivity contribution in [3.05, 3.63) is 23.9 Å². The predicted molar refractivity (Wildman–Crippen MR) is 60.7 cm³/mol. The van der Waals surface area contributed by atoms with E-state index in [1.807, 2.05) is 20.3 Å². The van der Waals surface area contributed by atoms with E-state index in [1.165, 1.54) is 5.56 Å². The third-order valence-electron chi connectivity index (χ3n) is 2.57. The Labute approximate surface area is 86.2 Å². The van der Waals surface area contributed by atoms with Crippen molar-refractivity contribution in [2.45, 2.75) is 19.9 Å². The third kappa shape index (κ3) is 2.45. The van der Waals surface area contributed by atoms with Crippen LogP contribution in [0.5, 0.6) is 0 Å². The molecule has 0 aliphatic rings. The first-order valence-corrected chi connectivity index (χ1v) is 5.03.